The first kappa shape index (κ1) is 19.3. The summed E-state index contributed by atoms with van der Waals surface area (Å²) in [5, 5.41) is 9.82. The number of aliphatic carboxylic acids is 1. The lowest BCUT2D eigenvalue weighted by molar-refractivity contribution is -0.159. The van der Waals surface area contributed by atoms with Crippen molar-refractivity contribution in [1.82, 2.24) is 14.9 Å². The van der Waals surface area contributed by atoms with Crippen molar-refractivity contribution in [1.29, 1.82) is 0 Å². The van der Waals surface area contributed by atoms with E-state index in [-0.39, 0.29) is 0 Å². The number of benzene rings is 1. The van der Waals surface area contributed by atoms with E-state index in [2.05, 4.69) is 14.9 Å². The van der Waals surface area contributed by atoms with Crippen LogP contribution in [0.3, 0.4) is 0 Å². The van der Waals surface area contributed by atoms with Crippen molar-refractivity contribution in [3.63, 3.8) is 0 Å². The van der Waals surface area contributed by atoms with Gasteiger partial charge in [-0.1, -0.05) is 18.2 Å². The maximum absolute atomic E-state index is 12.0. The van der Waals surface area contributed by atoms with Gasteiger partial charge in [-0.15, -0.1) is 0 Å². The van der Waals surface area contributed by atoms with Crippen molar-refractivity contribution in [3.05, 3.63) is 53.6 Å². The predicted molar refractivity (Wildman–Crippen MR) is 99.4 cm³/mol. The van der Waals surface area contributed by atoms with Gasteiger partial charge in [0.05, 0.1) is 0 Å². The Morgan fingerprint density at radius 1 is 1.22 bits per heavy atom. The zero-order valence-corrected chi connectivity index (χ0v) is 15.7. The molecule has 0 saturated carbocycles. The van der Waals surface area contributed by atoms with Crippen LogP contribution in [0.25, 0.3) is 0 Å². The van der Waals surface area contributed by atoms with E-state index in [1.54, 1.807) is 19.5 Å². The number of methoxy groups -OCH3 is 1. The Labute approximate surface area is 159 Å². The van der Waals surface area contributed by atoms with E-state index in [4.69, 9.17) is 9.47 Å². The van der Waals surface area contributed by atoms with Gasteiger partial charge >= 0.3 is 5.97 Å². The van der Waals surface area contributed by atoms with Crippen LogP contribution in [0.15, 0.2) is 36.7 Å². The molecule has 2 heterocycles. The van der Waals surface area contributed by atoms with Crippen molar-refractivity contribution in [2.45, 2.75) is 38.5 Å². The van der Waals surface area contributed by atoms with Crippen molar-refractivity contribution >= 4 is 5.97 Å². The van der Waals surface area contributed by atoms with E-state index in [1.807, 2.05) is 31.2 Å². The molecule has 0 unspecified atom stereocenters. The third kappa shape index (κ3) is 4.61. The molecule has 0 radical (unpaired) electrons. The molecule has 7 nitrogen and oxygen atoms in total. The number of hydrogen-bond acceptors (Lipinski definition) is 6. The van der Waals surface area contributed by atoms with Gasteiger partial charge in [0, 0.05) is 57.5 Å². The molecule has 144 valence electrons. The molecule has 0 amide bonds. The lowest BCUT2D eigenvalue weighted by Crippen LogP contribution is -2.53. The Balaban J connectivity index is 1.63. The average Bonchev–Trinajstić information content (AvgIpc) is 2.67. The Kier molecular flexibility index (Phi) is 6.03. The first-order valence-electron chi connectivity index (χ1n) is 9.01. The third-order valence-corrected chi connectivity index (χ3v) is 4.89. The Hall–Kier alpha value is -2.51. The summed E-state index contributed by atoms with van der Waals surface area (Å²) in [6.45, 7) is 4.28. The topological polar surface area (TPSA) is 84.8 Å². The van der Waals surface area contributed by atoms with Crippen LogP contribution < -0.4 is 4.74 Å². The van der Waals surface area contributed by atoms with Crippen LogP contribution in [0.2, 0.25) is 0 Å². The molecule has 1 fully saturated rings. The van der Waals surface area contributed by atoms with Gasteiger partial charge in [0.15, 0.2) is 5.82 Å². The monoisotopic (exact) mass is 371 g/mol. The first-order valence-corrected chi connectivity index (χ1v) is 9.01. The zero-order valence-electron chi connectivity index (χ0n) is 15.7. The second-order valence-electron chi connectivity index (χ2n) is 6.88. The van der Waals surface area contributed by atoms with Crippen LogP contribution in [0.5, 0.6) is 5.75 Å². The van der Waals surface area contributed by atoms with Gasteiger partial charge in [0.1, 0.15) is 12.4 Å². The van der Waals surface area contributed by atoms with Gasteiger partial charge in [0.25, 0.3) is 0 Å². The lowest BCUT2D eigenvalue weighted by atomic mass is 9.90. The van der Waals surface area contributed by atoms with Crippen LogP contribution in [-0.2, 0) is 22.7 Å². The number of aromatic nitrogens is 2. The summed E-state index contributed by atoms with van der Waals surface area (Å²) < 4.78 is 11.0. The Morgan fingerprint density at radius 2 is 1.89 bits per heavy atom. The fraction of sp³-hybridized carbons (Fsp3) is 0.450. The number of ether oxygens (including phenoxy) is 2. The molecule has 27 heavy (non-hydrogen) atoms. The molecule has 0 spiro atoms. The molecule has 1 aromatic heterocycles. The normalized spacial score (nSPS) is 16.8. The molecule has 0 atom stereocenters. The number of rotatable bonds is 7. The standard InChI is InChI=1S/C20H25N3O4/c1-15-5-3-4-6-17(15)27-20(19(24)25)7-9-23(10-8-20)13-16-11-21-18(14-26-2)22-12-16/h3-6,11-12H,7-10,13-14H2,1-2H3,(H,24,25). The summed E-state index contributed by atoms with van der Waals surface area (Å²) in [7, 11) is 1.61. The summed E-state index contributed by atoms with van der Waals surface area (Å²) in [5.74, 6) is 0.379. The average molecular weight is 371 g/mol. The molecule has 0 bridgehead atoms. The van der Waals surface area contributed by atoms with Gasteiger partial charge in [-0.05, 0) is 18.6 Å². The summed E-state index contributed by atoms with van der Waals surface area (Å²) >= 11 is 0. The Bertz CT molecular complexity index is 771. The fourth-order valence-corrected chi connectivity index (χ4v) is 3.24. The summed E-state index contributed by atoms with van der Waals surface area (Å²) in [4.78, 5) is 22.7. The molecular formula is C20H25N3O4. The van der Waals surface area contributed by atoms with Crippen molar-refractivity contribution in [3.8, 4) is 5.75 Å². The molecule has 2 aromatic rings. The number of carbonyl (C=O) groups is 1. The van der Waals surface area contributed by atoms with Crippen LogP contribution in [-0.4, -0.2) is 51.7 Å². The minimum atomic E-state index is -1.18. The minimum absolute atomic E-state index is 0.390. The number of likely N-dealkylation sites (tertiary alicyclic amines) is 1. The molecular weight excluding hydrogens is 346 g/mol. The van der Waals surface area contributed by atoms with Crippen LogP contribution in [0, 0.1) is 6.92 Å². The maximum Gasteiger partial charge on any atom is 0.348 e. The fourth-order valence-electron chi connectivity index (χ4n) is 3.24. The maximum atomic E-state index is 12.0. The number of carboxylic acids is 1. The number of carboxylic acid groups (broad SMARTS) is 1. The highest BCUT2D eigenvalue weighted by Crippen LogP contribution is 2.31. The third-order valence-electron chi connectivity index (χ3n) is 4.89. The van der Waals surface area contributed by atoms with E-state index in [0.717, 1.165) is 11.1 Å². The molecule has 7 heteroatoms. The molecule has 1 aliphatic rings. The van der Waals surface area contributed by atoms with Crippen molar-refractivity contribution in [2.24, 2.45) is 0 Å². The molecule has 1 N–H and O–H groups in total. The first-order chi connectivity index (χ1) is 13.0. The van der Waals surface area contributed by atoms with Crippen LogP contribution in [0.4, 0.5) is 0 Å². The molecule has 1 aromatic carbocycles. The summed E-state index contributed by atoms with van der Waals surface area (Å²) in [5.41, 5.74) is 0.757. The molecule has 1 saturated heterocycles. The Morgan fingerprint density at radius 3 is 2.48 bits per heavy atom. The highest BCUT2D eigenvalue weighted by Gasteiger charge is 2.44. The van der Waals surface area contributed by atoms with Gasteiger partial charge in [-0.25, -0.2) is 14.8 Å². The van der Waals surface area contributed by atoms with Gasteiger partial charge < -0.3 is 14.6 Å². The second kappa shape index (κ2) is 8.45. The summed E-state index contributed by atoms with van der Waals surface area (Å²) in [6, 6.07) is 7.52. The summed E-state index contributed by atoms with van der Waals surface area (Å²) in [6.07, 6.45) is 4.45. The van der Waals surface area contributed by atoms with E-state index in [1.165, 1.54) is 0 Å². The number of aryl methyl sites for hydroxylation is 1. The van der Waals surface area contributed by atoms with E-state index >= 15 is 0 Å². The molecule has 0 aliphatic carbocycles. The molecule has 3 rings (SSSR count). The number of hydrogen-bond donors (Lipinski definition) is 1. The highest BCUT2D eigenvalue weighted by molar-refractivity contribution is 5.78. The smallest absolute Gasteiger partial charge is 0.348 e. The second-order valence-corrected chi connectivity index (χ2v) is 6.88. The molecule has 1 aliphatic heterocycles. The number of para-hydroxylation sites is 1. The minimum Gasteiger partial charge on any atom is -0.478 e. The predicted octanol–water partition coefficient (Wildman–Crippen LogP) is 2.43. The highest BCUT2D eigenvalue weighted by atomic mass is 16.5. The van der Waals surface area contributed by atoms with E-state index in [0.29, 0.717) is 50.7 Å². The van der Waals surface area contributed by atoms with Crippen molar-refractivity contribution in [2.75, 3.05) is 20.2 Å². The van der Waals surface area contributed by atoms with E-state index in [9.17, 15) is 9.90 Å². The zero-order chi connectivity index (χ0) is 19.3. The van der Waals surface area contributed by atoms with Crippen LogP contribution in [0.1, 0.15) is 29.8 Å². The van der Waals surface area contributed by atoms with Gasteiger partial charge in [-0.2, -0.15) is 0 Å². The van der Waals surface area contributed by atoms with Gasteiger partial charge in [0.2, 0.25) is 5.60 Å². The number of piperidine rings is 1. The van der Waals surface area contributed by atoms with E-state index < -0.39 is 11.6 Å². The van der Waals surface area contributed by atoms with Crippen LogP contribution >= 0.6 is 0 Å². The quantitative estimate of drug-likeness (QED) is 0.800. The SMILES string of the molecule is COCc1ncc(CN2CCC(Oc3ccccc3C)(C(=O)O)CC2)cn1. The van der Waals surface area contributed by atoms with Crippen molar-refractivity contribution < 1.29 is 19.4 Å². The van der Waals surface area contributed by atoms with Gasteiger partial charge in [-0.3, -0.25) is 4.90 Å². The lowest BCUT2D eigenvalue weighted by Gasteiger charge is -2.39. The largest absolute Gasteiger partial charge is 0.478 e. The number of nitrogens with zero attached hydrogens (tertiary/aromatic N) is 3.